The molecule has 0 aliphatic rings. The molecule has 0 bridgehead atoms. The van der Waals surface area contributed by atoms with Crippen LogP contribution in [-0.4, -0.2) is 38.7 Å². The van der Waals surface area contributed by atoms with Gasteiger partial charge in [-0.2, -0.15) is 0 Å². The van der Waals surface area contributed by atoms with Crippen LogP contribution < -0.4 is 11.1 Å². The summed E-state index contributed by atoms with van der Waals surface area (Å²) in [4.78, 5) is 23.0. The van der Waals surface area contributed by atoms with Gasteiger partial charge in [0.2, 0.25) is 5.91 Å². The van der Waals surface area contributed by atoms with Crippen LogP contribution >= 0.6 is 0 Å². The molecule has 3 N–H and O–H groups in total. The molecule has 0 spiro atoms. The van der Waals surface area contributed by atoms with Crippen molar-refractivity contribution in [1.29, 1.82) is 0 Å². The second-order valence-electron chi connectivity index (χ2n) is 4.15. The Labute approximate surface area is 120 Å². The van der Waals surface area contributed by atoms with Crippen molar-refractivity contribution in [2.75, 3.05) is 26.1 Å². The van der Waals surface area contributed by atoms with E-state index in [4.69, 9.17) is 10.5 Å². The molecule has 1 aromatic carbocycles. The number of halogens is 2. The Balaban J connectivity index is 2.93. The van der Waals surface area contributed by atoms with Crippen LogP contribution in [0.15, 0.2) is 12.1 Å². The lowest BCUT2D eigenvalue weighted by Crippen LogP contribution is -2.28. The average Bonchev–Trinajstić information content (AvgIpc) is 2.46. The number of anilines is 1. The van der Waals surface area contributed by atoms with Crippen LogP contribution in [0.25, 0.3) is 0 Å². The fraction of sp³-hybridized carbons (Fsp3) is 0.385. The predicted octanol–water partition coefficient (Wildman–Crippen LogP) is 1.05. The van der Waals surface area contributed by atoms with E-state index in [1.165, 1.54) is 7.11 Å². The van der Waals surface area contributed by atoms with Gasteiger partial charge < -0.3 is 20.5 Å². The van der Waals surface area contributed by atoms with E-state index in [0.717, 1.165) is 13.2 Å². The minimum Gasteiger partial charge on any atom is -0.465 e. The van der Waals surface area contributed by atoms with Gasteiger partial charge in [-0.25, -0.2) is 13.6 Å². The summed E-state index contributed by atoms with van der Waals surface area (Å²) in [5, 5.41) is 2.23. The number of nitrogens with one attached hydrogen (secondary N) is 1. The fourth-order valence-electron chi connectivity index (χ4n) is 1.58. The Hall–Kier alpha value is -2.06. The van der Waals surface area contributed by atoms with Gasteiger partial charge >= 0.3 is 5.97 Å². The number of rotatable bonds is 6. The number of esters is 1. The second kappa shape index (κ2) is 7.65. The number of hydrogen-bond donors (Lipinski definition) is 2. The number of methoxy groups -OCH3 is 2. The third kappa shape index (κ3) is 4.47. The molecule has 21 heavy (non-hydrogen) atoms. The van der Waals surface area contributed by atoms with E-state index in [-0.39, 0.29) is 18.7 Å². The molecule has 116 valence electrons. The monoisotopic (exact) mass is 302 g/mol. The highest BCUT2D eigenvalue weighted by atomic mass is 19.1. The first-order chi connectivity index (χ1) is 9.92. The minimum atomic E-state index is -1.07. The number of ether oxygens (including phenoxy) is 2. The van der Waals surface area contributed by atoms with Crippen LogP contribution in [0.5, 0.6) is 0 Å². The van der Waals surface area contributed by atoms with Crippen molar-refractivity contribution < 1.29 is 27.8 Å². The van der Waals surface area contributed by atoms with Gasteiger partial charge in [-0.1, -0.05) is 0 Å². The zero-order valence-electron chi connectivity index (χ0n) is 11.6. The van der Waals surface area contributed by atoms with Crippen molar-refractivity contribution in [3.05, 3.63) is 29.3 Å². The molecule has 0 aliphatic heterocycles. The molecule has 0 radical (unpaired) electrons. The van der Waals surface area contributed by atoms with Crippen molar-refractivity contribution in [2.45, 2.75) is 12.5 Å². The first kappa shape index (κ1) is 17.0. The summed E-state index contributed by atoms with van der Waals surface area (Å²) in [5.74, 6) is -3.63. The quantitative estimate of drug-likeness (QED) is 0.767. The van der Waals surface area contributed by atoms with Crippen LogP contribution in [0.3, 0.4) is 0 Å². The molecule has 0 saturated carbocycles. The van der Waals surface area contributed by atoms with E-state index in [9.17, 15) is 18.4 Å². The number of nitrogens with two attached hydrogens (primary N) is 1. The highest BCUT2D eigenvalue weighted by Gasteiger charge is 2.19. The summed E-state index contributed by atoms with van der Waals surface area (Å²) in [6.45, 7) is 0.114. The lowest BCUT2D eigenvalue weighted by Gasteiger charge is -2.13. The second-order valence-corrected chi connectivity index (χ2v) is 4.15. The van der Waals surface area contributed by atoms with Gasteiger partial charge in [0, 0.05) is 19.7 Å². The van der Waals surface area contributed by atoms with E-state index >= 15 is 0 Å². The van der Waals surface area contributed by atoms with E-state index in [1.807, 2.05) is 0 Å². The van der Waals surface area contributed by atoms with Gasteiger partial charge in [-0.05, 0) is 6.07 Å². The fourth-order valence-corrected chi connectivity index (χ4v) is 1.58. The number of hydrogen-bond acceptors (Lipinski definition) is 5. The molecule has 1 rings (SSSR count). The standard InChI is InChI=1S/C13H16F2N2O4/c1-20-7(6-16)3-12(18)17-11-4-8(13(19)21-2)9(14)5-10(11)15/h4-5,7H,3,6,16H2,1-2H3,(H,17,18). The Bertz CT molecular complexity index is 533. The SMILES string of the molecule is COC(=O)c1cc(NC(=O)CC(CN)OC)c(F)cc1F. The molecule has 0 heterocycles. The summed E-state index contributed by atoms with van der Waals surface area (Å²) in [7, 11) is 2.45. The summed E-state index contributed by atoms with van der Waals surface area (Å²) < 4.78 is 36.3. The highest BCUT2D eigenvalue weighted by Crippen LogP contribution is 2.20. The number of amides is 1. The van der Waals surface area contributed by atoms with Crippen LogP contribution in [0.4, 0.5) is 14.5 Å². The van der Waals surface area contributed by atoms with Crippen molar-refractivity contribution in [3.8, 4) is 0 Å². The van der Waals surface area contributed by atoms with E-state index < -0.39 is 35.2 Å². The maximum Gasteiger partial charge on any atom is 0.340 e. The van der Waals surface area contributed by atoms with Crippen LogP contribution in [0, 0.1) is 11.6 Å². The molecule has 8 heteroatoms. The van der Waals surface area contributed by atoms with E-state index in [1.54, 1.807) is 0 Å². The molecular formula is C13H16F2N2O4. The average molecular weight is 302 g/mol. The Kier molecular flexibility index (Phi) is 6.19. The maximum absolute atomic E-state index is 13.6. The van der Waals surface area contributed by atoms with Gasteiger partial charge in [0.1, 0.15) is 11.6 Å². The predicted molar refractivity (Wildman–Crippen MR) is 70.8 cm³/mol. The molecular weight excluding hydrogens is 286 g/mol. The highest BCUT2D eigenvalue weighted by molar-refractivity contribution is 5.95. The van der Waals surface area contributed by atoms with Gasteiger partial charge in [0.05, 0.1) is 30.9 Å². The van der Waals surface area contributed by atoms with Crippen molar-refractivity contribution in [1.82, 2.24) is 0 Å². The summed E-state index contributed by atoms with van der Waals surface area (Å²) >= 11 is 0. The minimum absolute atomic E-state index is 0.0998. The van der Waals surface area contributed by atoms with Gasteiger partial charge in [-0.15, -0.1) is 0 Å². The molecule has 6 nitrogen and oxygen atoms in total. The van der Waals surface area contributed by atoms with Crippen LogP contribution in [0.2, 0.25) is 0 Å². The summed E-state index contributed by atoms with van der Waals surface area (Å²) in [6.07, 6.45) is -0.620. The Morgan fingerprint density at radius 1 is 1.29 bits per heavy atom. The van der Waals surface area contributed by atoms with Crippen molar-refractivity contribution in [3.63, 3.8) is 0 Å². The van der Waals surface area contributed by atoms with Crippen molar-refractivity contribution in [2.24, 2.45) is 5.73 Å². The van der Waals surface area contributed by atoms with E-state index in [2.05, 4.69) is 10.1 Å². The smallest absolute Gasteiger partial charge is 0.340 e. The number of carbonyl (C=O) groups excluding carboxylic acids is 2. The topological polar surface area (TPSA) is 90.7 Å². The lowest BCUT2D eigenvalue weighted by atomic mass is 10.1. The Morgan fingerprint density at radius 3 is 2.48 bits per heavy atom. The lowest BCUT2D eigenvalue weighted by molar-refractivity contribution is -0.118. The molecule has 0 saturated heterocycles. The summed E-state index contributed by atoms with van der Waals surface area (Å²) in [6, 6.07) is 1.37. The number of benzene rings is 1. The summed E-state index contributed by atoms with van der Waals surface area (Å²) in [5.41, 5.74) is 4.57. The zero-order valence-corrected chi connectivity index (χ0v) is 11.6. The zero-order chi connectivity index (χ0) is 16.0. The molecule has 1 amide bonds. The number of carbonyl (C=O) groups is 2. The first-order valence-electron chi connectivity index (χ1n) is 6.03. The van der Waals surface area contributed by atoms with Crippen molar-refractivity contribution >= 4 is 17.6 Å². The first-order valence-corrected chi connectivity index (χ1v) is 6.03. The maximum atomic E-state index is 13.6. The third-order valence-corrected chi connectivity index (χ3v) is 2.75. The largest absolute Gasteiger partial charge is 0.465 e. The molecule has 1 atom stereocenters. The molecule has 0 aliphatic carbocycles. The van der Waals surface area contributed by atoms with Crippen LogP contribution in [0.1, 0.15) is 16.8 Å². The Morgan fingerprint density at radius 2 is 1.95 bits per heavy atom. The van der Waals surface area contributed by atoms with Crippen LogP contribution in [-0.2, 0) is 14.3 Å². The third-order valence-electron chi connectivity index (χ3n) is 2.75. The molecule has 1 aromatic rings. The molecule has 0 aromatic heterocycles. The van der Waals surface area contributed by atoms with E-state index in [0.29, 0.717) is 6.07 Å². The van der Waals surface area contributed by atoms with Gasteiger partial charge in [0.25, 0.3) is 0 Å². The molecule has 0 fully saturated rings. The van der Waals surface area contributed by atoms with Gasteiger partial charge in [0.15, 0.2) is 0 Å². The normalized spacial score (nSPS) is 11.9. The van der Waals surface area contributed by atoms with Gasteiger partial charge in [-0.3, -0.25) is 4.79 Å². The molecule has 1 unspecified atom stereocenters.